The summed E-state index contributed by atoms with van der Waals surface area (Å²) in [7, 11) is 0. The molecule has 1 amide bonds. The van der Waals surface area contributed by atoms with E-state index in [1.54, 1.807) is 42.5 Å². The summed E-state index contributed by atoms with van der Waals surface area (Å²) < 4.78 is 13.5. The van der Waals surface area contributed by atoms with Crippen LogP contribution >= 0.6 is 22.9 Å². The number of thiophene rings is 1. The van der Waals surface area contributed by atoms with Crippen molar-refractivity contribution in [1.82, 2.24) is 4.98 Å². The van der Waals surface area contributed by atoms with Gasteiger partial charge >= 0.3 is 0 Å². The number of carbonyl (C=O) groups is 1. The van der Waals surface area contributed by atoms with Gasteiger partial charge in [-0.25, -0.2) is 9.37 Å². The summed E-state index contributed by atoms with van der Waals surface area (Å²) in [6.07, 6.45) is 0. The number of halogens is 2. The van der Waals surface area contributed by atoms with Crippen molar-refractivity contribution in [3.63, 3.8) is 0 Å². The molecule has 0 aliphatic heterocycles. The second kappa shape index (κ2) is 7.22. The van der Waals surface area contributed by atoms with Gasteiger partial charge in [0, 0.05) is 21.7 Å². The second-order valence-electron chi connectivity index (χ2n) is 6.27. The van der Waals surface area contributed by atoms with Crippen molar-refractivity contribution in [2.24, 2.45) is 0 Å². The van der Waals surface area contributed by atoms with E-state index in [9.17, 15) is 9.18 Å². The molecular weight excluding hydrogens is 397 g/mol. The van der Waals surface area contributed by atoms with Crippen LogP contribution in [0.2, 0.25) is 5.02 Å². The number of benzene rings is 2. The molecule has 0 bridgehead atoms. The van der Waals surface area contributed by atoms with Crippen molar-refractivity contribution >= 4 is 50.4 Å². The predicted octanol–water partition coefficient (Wildman–Crippen LogP) is 5.90. The number of hydrogen-bond acceptors (Lipinski definition) is 4. The zero-order chi connectivity index (χ0) is 19.8. The number of carbonyl (C=O) groups excluding carboxylic acids is 1. The van der Waals surface area contributed by atoms with E-state index < -0.39 is 0 Å². The quantitative estimate of drug-likeness (QED) is 0.441. The molecule has 4 rings (SSSR count). The number of rotatable bonds is 3. The number of hydrogen-bond donors (Lipinski definition) is 2. The van der Waals surface area contributed by atoms with Crippen LogP contribution in [-0.4, -0.2) is 10.9 Å². The molecule has 2 aromatic heterocycles. The number of nitrogens with two attached hydrogens (primary N) is 1. The number of aromatic nitrogens is 1. The smallest absolute Gasteiger partial charge is 0.267 e. The van der Waals surface area contributed by atoms with E-state index in [2.05, 4.69) is 10.3 Å². The van der Waals surface area contributed by atoms with Crippen LogP contribution in [0.4, 0.5) is 15.8 Å². The monoisotopic (exact) mass is 411 g/mol. The summed E-state index contributed by atoms with van der Waals surface area (Å²) in [6, 6.07) is 15.1. The molecule has 4 aromatic rings. The fourth-order valence-electron chi connectivity index (χ4n) is 2.90. The summed E-state index contributed by atoms with van der Waals surface area (Å²) in [4.78, 5) is 18.3. The maximum Gasteiger partial charge on any atom is 0.267 e. The van der Waals surface area contributed by atoms with Gasteiger partial charge in [0.15, 0.2) is 0 Å². The minimum absolute atomic E-state index is 0.321. The van der Waals surface area contributed by atoms with Crippen LogP contribution < -0.4 is 11.1 Å². The Hall–Kier alpha value is -2.96. The third kappa shape index (κ3) is 3.32. The summed E-state index contributed by atoms with van der Waals surface area (Å²) in [5, 5.41) is 4.12. The molecule has 0 spiro atoms. The molecule has 0 aliphatic carbocycles. The van der Waals surface area contributed by atoms with E-state index in [1.807, 2.05) is 6.92 Å². The summed E-state index contributed by atoms with van der Waals surface area (Å²) in [5.41, 5.74) is 9.26. The lowest BCUT2D eigenvalue weighted by molar-refractivity contribution is 0.103. The van der Waals surface area contributed by atoms with Crippen LogP contribution in [0.3, 0.4) is 0 Å². The van der Waals surface area contributed by atoms with E-state index in [-0.39, 0.29) is 11.7 Å². The molecule has 0 fully saturated rings. The second-order valence-corrected chi connectivity index (χ2v) is 7.68. The summed E-state index contributed by atoms with van der Waals surface area (Å²) in [6.45, 7) is 1.83. The molecule has 2 heterocycles. The lowest BCUT2D eigenvalue weighted by Crippen LogP contribution is -2.12. The highest BCUT2D eigenvalue weighted by atomic mass is 35.5. The van der Waals surface area contributed by atoms with E-state index in [4.69, 9.17) is 17.3 Å². The first-order valence-electron chi connectivity index (χ1n) is 8.45. The van der Waals surface area contributed by atoms with E-state index in [0.29, 0.717) is 42.7 Å². The SMILES string of the molecule is Cc1c(Cl)cccc1NC(=O)c1sc2nc(-c3cccc(F)c3)ccc2c1N. The molecule has 7 heteroatoms. The molecular formula is C21H15ClFN3OS. The molecule has 28 heavy (non-hydrogen) atoms. The Kier molecular flexibility index (Phi) is 4.75. The van der Waals surface area contributed by atoms with Gasteiger partial charge in [-0.15, -0.1) is 11.3 Å². The molecule has 0 saturated carbocycles. The highest BCUT2D eigenvalue weighted by Crippen LogP contribution is 2.35. The van der Waals surface area contributed by atoms with Gasteiger partial charge in [0.05, 0.1) is 11.4 Å². The molecule has 4 nitrogen and oxygen atoms in total. The van der Waals surface area contributed by atoms with Crippen molar-refractivity contribution < 1.29 is 9.18 Å². The molecule has 140 valence electrons. The molecule has 0 radical (unpaired) electrons. The number of nitrogens with one attached hydrogen (secondary N) is 1. The fourth-order valence-corrected chi connectivity index (χ4v) is 4.06. The van der Waals surface area contributed by atoms with Gasteiger partial charge in [-0.1, -0.05) is 29.8 Å². The van der Waals surface area contributed by atoms with Gasteiger partial charge in [0.1, 0.15) is 15.5 Å². The van der Waals surface area contributed by atoms with Gasteiger partial charge in [-0.2, -0.15) is 0 Å². The van der Waals surface area contributed by atoms with Crippen LogP contribution in [0.15, 0.2) is 54.6 Å². The largest absolute Gasteiger partial charge is 0.397 e. The maximum absolute atomic E-state index is 13.5. The van der Waals surface area contributed by atoms with Crippen molar-refractivity contribution in [2.45, 2.75) is 6.92 Å². The van der Waals surface area contributed by atoms with Crippen LogP contribution in [0.1, 0.15) is 15.2 Å². The van der Waals surface area contributed by atoms with Crippen LogP contribution in [0, 0.1) is 12.7 Å². The van der Waals surface area contributed by atoms with Crippen molar-refractivity contribution in [3.05, 3.63) is 75.9 Å². The number of amides is 1. The number of nitrogen functional groups attached to an aromatic ring is 1. The summed E-state index contributed by atoms with van der Waals surface area (Å²) >= 11 is 7.31. The van der Waals surface area contributed by atoms with Crippen LogP contribution in [0.25, 0.3) is 21.5 Å². The van der Waals surface area contributed by atoms with E-state index in [0.717, 1.165) is 5.56 Å². The summed E-state index contributed by atoms with van der Waals surface area (Å²) in [5.74, 6) is -0.653. The van der Waals surface area contributed by atoms with Gasteiger partial charge < -0.3 is 11.1 Å². The van der Waals surface area contributed by atoms with Crippen LogP contribution in [-0.2, 0) is 0 Å². The third-order valence-electron chi connectivity index (χ3n) is 4.44. The van der Waals surface area contributed by atoms with E-state index in [1.165, 1.54) is 23.5 Å². The minimum Gasteiger partial charge on any atom is -0.397 e. The highest BCUT2D eigenvalue weighted by molar-refractivity contribution is 7.21. The van der Waals surface area contributed by atoms with Gasteiger partial charge in [0.25, 0.3) is 5.91 Å². The van der Waals surface area contributed by atoms with Crippen molar-refractivity contribution in [1.29, 1.82) is 0 Å². The first kappa shape index (κ1) is 18.4. The van der Waals surface area contributed by atoms with Gasteiger partial charge in [0.2, 0.25) is 0 Å². The zero-order valence-electron chi connectivity index (χ0n) is 14.8. The third-order valence-corrected chi connectivity index (χ3v) is 5.96. The Morgan fingerprint density at radius 2 is 1.96 bits per heavy atom. The molecule has 3 N–H and O–H groups in total. The molecule has 0 unspecified atom stereocenters. The molecule has 0 saturated heterocycles. The van der Waals surface area contributed by atoms with Gasteiger partial charge in [-0.3, -0.25) is 4.79 Å². The molecule has 2 aromatic carbocycles. The topological polar surface area (TPSA) is 68.0 Å². The number of anilines is 2. The van der Waals surface area contributed by atoms with Gasteiger partial charge in [-0.05, 0) is 48.9 Å². The maximum atomic E-state index is 13.5. The number of nitrogens with zero attached hydrogens (tertiary/aromatic N) is 1. The Labute approximate surface area is 169 Å². The average Bonchev–Trinajstić information content (AvgIpc) is 3.01. The fraction of sp³-hybridized carbons (Fsp3) is 0.0476. The molecule has 0 aliphatic rings. The minimum atomic E-state index is -0.331. The lowest BCUT2D eigenvalue weighted by atomic mass is 10.1. The Bertz CT molecular complexity index is 1220. The Morgan fingerprint density at radius 3 is 2.75 bits per heavy atom. The highest BCUT2D eigenvalue weighted by Gasteiger charge is 2.19. The van der Waals surface area contributed by atoms with Crippen LogP contribution in [0.5, 0.6) is 0 Å². The Balaban J connectivity index is 1.71. The predicted molar refractivity (Wildman–Crippen MR) is 114 cm³/mol. The first-order chi connectivity index (χ1) is 13.4. The van der Waals surface area contributed by atoms with Crippen molar-refractivity contribution in [2.75, 3.05) is 11.1 Å². The standard InChI is InChI=1S/C21H15ClFN3OS/c1-11-15(22)6-3-7-16(11)25-20(27)19-18(24)14-8-9-17(26-21(14)28-19)12-4-2-5-13(23)10-12/h2-10H,24H2,1H3,(H,25,27). The normalized spacial score (nSPS) is 11.0. The molecule has 0 atom stereocenters. The average molecular weight is 412 g/mol. The first-order valence-corrected chi connectivity index (χ1v) is 9.65. The Morgan fingerprint density at radius 1 is 1.18 bits per heavy atom. The number of pyridine rings is 1. The number of fused-ring (bicyclic) bond motifs is 1. The lowest BCUT2D eigenvalue weighted by Gasteiger charge is -2.08. The van der Waals surface area contributed by atoms with E-state index >= 15 is 0 Å². The van der Waals surface area contributed by atoms with Crippen molar-refractivity contribution in [3.8, 4) is 11.3 Å². The zero-order valence-corrected chi connectivity index (χ0v) is 16.4.